The van der Waals surface area contributed by atoms with Crippen LogP contribution < -0.4 is 26.2 Å². The number of amides is 1. The highest BCUT2D eigenvalue weighted by Crippen LogP contribution is 2.25. The van der Waals surface area contributed by atoms with Crippen LogP contribution in [0.3, 0.4) is 0 Å². The number of ether oxygens (including phenoxy) is 1. The monoisotopic (exact) mass is 585 g/mol. The Hall–Kier alpha value is -3.11. The van der Waals surface area contributed by atoms with Gasteiger partial charge >= 0.3 is 5.69 Å². The van der Waals surface area contributed by atoms with E-state index in [1.807, 2.05) is 53.7 Å². The molecule has 0 radical (unpaired) electrons. The first-order valence-corrected chi connectivity index (χ1v) is 15.5. The number of hydrogen-bond donors (Lipinski definition) is 2. The summed E-state index contributed by atoms with van der Waals surface area (Å²) in [5, 5.41) is 14.0. The second-order valence-corrected chi connectivity index (χ2v) is 12.4. The average molecular weight is 586 g/mol. The molecule has 1 amide bonds. The van der Waals surface area contributed by atoms with Crippen LogP contribution in [0.4, 0.5) is 11.5 Å². The van der Waals surface area contributed by atoms with E-state index in [4.69, 9.17) is 4.74 Å². The normalized spacial score (nSPS) is 15.3. The lowest BCUT2D eigenvalue weighted by Crippen LogP contribution is -2.54. The Morgan fingerprint density at radius 3 is 2.14 bits per heavy atom. The second-order valence-electron chi connectivity index (χ2n) is 12.4. The minimum atomic E-state index is -0.847. The maximum atomic E-state index is 13.2. The Morgan fingerprint density at radius 2 is 1.57 bits per heavy atom. The molecule has 1 aromatic carbocycles. The largest absolute Gasteiger partial charge is 0.485 e. The van der Waals surface area contributed by atoms with Crippen molar-refractivity contribution in [2.24, 2.45) is 0 Å². The smallest absolute Gasteiger partial charge is 0.333 e. The zero-order chi connectivity index (χ0) is 31.0. The first kappa shape index (κ1) is 33.4. The van der Waals surface area contributed by atoms with E-state index >= 15 is 0 Å². The Bertz CT molecular complexity index is 1270. The zero-order valence-corrected chi connectivity index (χ0v) is 26.6. The fourth-order valence-electron chi connectivity index (χ4n) is 5.30. The van der Waals surface area contributed by atoms with Crippen molar-refractivity contribution in [3.05, 3.63) is 51.2 Å². The van der Waals surface area contributed by atoms with E-state index in [1.54, 1.807) is 22.8 Å². The lowest BCUT2D eigenvalue weighted by molar-refractivity contribution is -0.116. The molecule has 2 aromatic rings. The van der Waals surface area contributed by atoms with Crippen LogP contribution >= 0.6 is 0 Å². The molecule has 1 saturated heterocycles. The quantitative estimate of drug-likeness (QED) is 0.316. The van der Waals surface area contributed by atoms with Gasteiger partial charge in [0.25, 0.3) is 5.56 Å². The van der Waals surface area contributed by atoms with E-state index in [2.05, 4.69) is 22.0 Å². The van der Waals surface area contributed by atoms with Gasteiger partial charge in [0.15, 0.2) is 0 Å². The Kier molecular flexibility index (Phi) is 11.8. The maximum Gasteiger partial charge on any atom is 0.333 e. The van der Waals surface area contributed by atoms with Crippen molar-refractivity contribution in [2.75, 3.05) is 42.9 Å². The third kappa shape index (κ3) is 8.70. The van der Waals surface area contributed by atoms with E-state index in [1.165, 1.54) is 4.57 Å². The predicted octanol–water partition coefficient (Wildman–Crippen LogP) is 4.42. The summed E-state index contributed by atoms with van der Waals surface area (Å²) < 4.78 is 9.18. The van der Waals surface area contributed by atoms with Crippen LogP contribution in [-0.2, 0) is 4.79 Å². The molecule has 3 rings (SSSR count). The molecule has 1 aliphatic heterocycles. The summed E-state index contributed by atoms with van der Waals surface area (Å²) >= 11 is 0. The number of unbranched alkanes of at least 4 members (excludes halogenated alkanes) is 3. The molecular formula is C32H51N5O5. The molecule has 1 aliphatic rings. The van der Waals surface area contributed by atoms with Gasteiger partial charge in [-0.25, -0.2) is 4.79 Å². The van der Waals surface area contributed by atoms with Crippen LogP contribution in [0.25, 0.3) is 0 Å². The van der Waals surface area contributed by atoms with Gasteiger partial charge < -0.3 is 20.1 Å². The van der Waals surface area contributed by atoms with Crippen LogP contribution in [-0.4, -0.2) is 69.5 Å². The van der Waals surface area contributed by atoms with Crippen LogP contribution in [0, 0.1) is 0 Å². The molecule has 1 fully saturated rings. The molecule has 0 aliphatic carbocycles. The van der Waals surface area contributed by atoms with E-state index < -0.39 is 11.7 Å². The molecule has 1 unspecified atom stereocenters. The van der Waals surface area contributed by atoms with Gasteiger partial charge in [-0.2, -0.15) is 0 Å². The van der Waals surface area contributed by atoms with Crippen molar-refractivity contribution in [1.82, 2.24) is 14.0 Å². The van der Waals surface area contributed by atoms with Gasteiger partial charge in [0.1, 0.15) is 23.3 Å². The number of nitrogens with one attached hydrogen (secondary N) is 1. The fraction of sp³-hybridized carbons (Fsp3) is 0.656. The van der Waals surface area contributed by atoms with Gasteiger partial charge in [-0.15, -0.1) is 0 Å². The van der Waals surface area contributed by atoms with Gasteiger partial charge in [-0.3, -0.25) is 23.6 Å². The van der Waals surface area contributed by atoms with Gasteiger partial charge in [-0.05, 0) is 72.2 Å². The molecule has 1 aromatic heterocycles. The lowest BCUT2D eigenvalue weighted by atomic mass is 10.0. The molecule has 10 heteroatoms. The summed E-state index contributed by atoms with van der Waals surface area (Å²) in [4.78, 5) is 42.4. The van der Waals surface area contributed by atoms with Gasteiger partial charge in [0.2, 0.25) is 5.91 Å². The van der Waals surface area contributed by atoms with Gasteiger partial charge in [0, 0.05) is 63.0 Å². The number of anilines is 2. The Morgan fingerprint density at radius 1 is 0.952 bits per heavy atom. The van der Waals surface area contributed by atoms with Crippen molar-refractivity contribution in [3.8, 4) is 5.75 Å². The second kappa shape index (κ2) is 14.9. The number of aliphatic hydroxyl groups is 1. The maximum absolute atomic E-state index is 13.2. The number of aromatic nitrogens is 2. The zero-order valence-electron chi connectivity index (χ0n) is 26.6. The molecule has 2 N–H and O–H groups in total. The highest BCUT2D eigenvalue weighted by molar-refractivity contribution is 5.90. The summed E-state index contributed by atoms with van der Waals surface area (Å²) in [5.41, 5.74) is -0.683. The highest BCUT2D eigenvalue weighted by atomic mass is 16.5. The summed E-state index contributed by atoms with van der Waals surface area (Å²) in [5.74, 6) is 1.28. The molecule has 234 valence electrons. The molecule has 10 nitrogen and oxygen atoms in total. The SMILES string of the molecule is CCCCCCC(=O)Nc1ccc(OC(C)(C)C(O)CN2CCN(c3cc(=O)n(C(C)C)c(=O)n3C(C)C)CC2)cc1. The molecule has 0 spiro atoms. The number of aliphatic hydroxyl groups excluding tert-OH is 1. The number of carbonyl (C=O) groups excluding carboxylic acids is 1. The van der Waals surface area contributed by atoms with Crippen molar-refractivity contribution in [2.45, 2.75) is 104 Å². The molecular weight excluding hydrogens is 534 g/mol. The van der Waals surface area contributed by atoms with Gasteiger partial charge in [-0.1, -0.05) is 26.2 Å². The lowest BCUT2D eigenvalue weighted by Gasteiger charge is -2.40. The third-order valence-electron chi connectivity index (χ3n) is 7.89. The minimum absolute atomic E-state index is 0.0167. The third-order valence-corrected chi connectivity index (χ3v) is 7.89. The molecule has 0 bridgehead atoms. The number of piperazine rings is 1. The number of rotatable bonds is 14. The topological polar surface area (TPSA) is 109 Å². The summed E-state index contributed by atoms with van der Waals surface area (Å²) in [6.07, 6.45) is 4.02. The van der Waals surface area contributed by atoms with Crippen molar-refractivity contribution < 1.29 is 14.6 Å². The minimum Gasteiger partial charge on any atom is -0.485 e. The predicted molar refractivity (Wildman–Crippen MR) is 169 cm³/mol. The fourth-order valence-corrected chi connectivity index (χ4v) is 5.30. The standard InChI is InChI=1S/C32H51N5O5/c1-8-9-10-11-12-28(39)33-25-13-15-26(16-14-25)42-32(6,7)27(38)22-34-17-19-35(20-18-34)29-21-30(40)37(24(4)5)31(41)36(29)23(2)3/h13-16,21,23-24,27,38H,8-12,17-20,22H2,1-7H3,(H,33,39). The van der Waals surface area contributed by atoms with Crippen molar-refractivity contribution >= 4 is 17.4 Å². The summed E-state index contributed by atoms with van der Waals surface area (Å²) in [6, 6.07) is 8.53. The summed E-state index contributed by atoms with van der Waals surface area (Å²) in [7, 11) is 0. The van der Waals surface area contributed by atoms with Gasteiger partial charge in [0.05, 0.1) is 0 Å². The average Bonchev–Trinajstić information content (AvgIpc) is 2.91. The van der Waals surface area contributed by atoms with E-state index in [0.717, 1.165) is 31.4 Å². The molecule has 2 heterocycles. The molecule has 0 saturated carbocycles. The van der Waals surface area contributed by atoms with Crippen LogP contribution in [0.5, 0.6) is 5.75 Å². The molecule has 1 atom stereocenters. The summed E-state index contributed by atoms with van der Waals surface area (Å²) in [6.45, 7) is 16.5. The number of carbonyl (C=O) groups is 1. The van der Waals surface area contributed by atoms with Crippen LogP contribution in [0.15, 0.2) is 39.9 Å². The number of benzene rings is 1. The van der Waals surface area contributed by atoms with E-state index in [0.29, 0.717) is 50.7 Å². The highest BCUT2D eigenvalue weighted by Gasteiger charge is 2.33. The van der Waals surface area contributed by atoms with Crippen LogP contribution in [0.1, 0.15) is 92.7 Å². The first-order chi connectivity index (χ1) is 19.8. The van der Waals surface area contributed by atoms with Crippen molar-refractivity contribution in [3.63, 3.8) is 0 Å². The van der Waals surface area contributed by atoms with E-state index in [-0.39, 0.29) is 29.2 Å². The van der Waals surface area contributed by atoms with E-state index in [9.17, 15) is 19.5 Å². The first-order valence-electron chi connectivity index (χ1n) is 15.5. The Balaban J connectivity index is 1.55. The van der Waals surface area contributed by atoms with Crippen LogP contribution in [0.2, 0.25) is 0 Å². The Labute approximate surface area is 250 Å². The number of nitrogens with zero attached hydrogens (tertiary/aromatic N) is 4. The number of β-amino-alcohol motifs (C(OH)–C–C–N with tert-alkyl or cyclic N) is 1. The van der Waals surface area contributed by atoms with Crippen molar-refractivity contribution in [1.29, 1.82) is 0 Å². The number of hydrogen-bond acceptors (Lipinski definition) is 7. The molecule has 42 heavy (non-hydrogen) atoms.